The zero-order valence-corrected chi connectivity index (χ0v) is 14.1. The van der Waals surface area contributed by atoms with Gasteiger partial charge in [0.05, 0.1) is 30.4 Å². The maximum absolute atomic E-state index is 5.33. The van der Waals surface area contributed by atoms with Crippen LogP contribution in [0.3, 0.4) is 0 Å². The number of para-hydroxylation sites is 2. The van der Waals surface area contributed by atoms with Gasteiger partial charge in [0.2, 0.25) is 0 Å². The first kappa shape index (κ1) is 15.6. The van der Waals surface area contributed by atoms with Gasteiger partial charge in [0.25, 0.3) is 0 Å². The molecule has 0 spiro atoms. The number of nitrogens with zero attached hydrogens (tertiary/aromatic N) is 2. The lowest BCUT2D eigenvalue weighted by Crippen LogP contribution is -2.24. The Labute approximate surface area is 137 Å². The minimum Gasteiger partial charge on any atom is -0.497 e. The van der Waals surface area contributed by atoms with Crippen molar-refractivity contribution in [1.29, 1.82) is 0 Å². The lowest BCUT2D eigenvalue weighted by Gasteiger charge is -2.14. The first-order chi connectivity index (χ1) is 11.1. The van der Waals surface area contributed by atoms with Gasteiger partial charge in [-0.25, -0.2) is 4.98 Å². The van der Waals surface area contributed by atoms with E-state index in [2.05, 4.69) is 61.0 Å². The Balaban J connectivity index is 2.16. The fraction of sp³-hybridized carbons (Fsp3) is 0.316. The minimum absolute atomic E-state index is 0.417. The number of fused-ring (bicyclic) bond motifs is 1. The molecular weight excluding hydrogens is 286 g/mol. The van der Waals surface area contributed by atoms with E-state index in [9.17, 15) is 0 Å². The van der Waals surface area contributed by atoms with E-state index >= 15 is 0 Å². The number of aryl methyl sites for hydroxylation is 1. The maximum Gasteiger partial charge on any atom is 0.128 e. The highest BCUT2D eigenvalue weighted by molar-refractivity contribution is 5.78. The summed E-state index contributed by atoms with van der Waals surface area (Å²) in [5, 5.41) is 3.47. The van der Waals surface area contributed by atoms with Gasteiger partial charge in [-0.1, -0.05) is 26.0 Å². The number of benzene rings is 2. The third-order valence-corrected chi connectivity index (χ3v) is 3.94. The third kappa shape index (κ3) is 3.08. The molecule has 23 heavy (non-hydrogen) atoms. The molecule has 0 atom stereocenters. The van der Waals surface area contributed by atoms with E-state index in [1.807, 2.05) is 12.1 Å². The summed E-state index contributed by atoms with van der Waals surface area (Å²) in [7, 11) is 1.69. The van der Waals surface area contributed by atoms with Crippen LogP contribution >= 0.6 is 0 Å². The van der Waals surface area contributed by atoms with Crippen molar-refractivity contribution >= 4 is 11.0 Å². The maximum atomic E-state index is 5.33. The second-order valence-corrected chi connectivity index (χ2v) is 6.04. The second kappa shape index (κ2) is 6.42. The number of imidazole rings is 1. The van der Waals surface area contributed by atoms with Gasteiger partial charge in [-0.05, 0) is 42.8 Å². The highest BCUT2D eigenvalue weighted by Gasteiger charge is 2.14. The number of hydrogen-bond acceptors (Lipinski definition) is 3. The molecule has 120 valence electrons. The van der Waals surface area contributed by atoms with E-state index in [4.69, 9.17) is 9.72 Å². The molecule has 0 bridgehead atoms. The van der Waals surface area contributed by atoms with Crippen molar-refractivity contribution in [2.75, 3.05) is 7.11 Å². The third-order valence-electron chi connectivity index (χ3n) is 3.94. The Morgan fingerprint density at radius 2 is 1.96 bits per heavy atom. The summed E-state index contributed by atoms with van der Waals surface area (Å²) < 4.78 is 7.56. The molecule has 0 saturated heterocycles. The first-order valence-electron chi connectivity index (χ1n) is 7.95. The van der Waals surface area contributed by atoms with Crippen molar-refractivity contribution < 1.29 is 4.74 Å². The van der Waals surface area contributed by atoms with Crippen LogP contribution in [0.25, 0.3) is 16.7 Å². The molecule has 1 N–H and O–H groups in total. The first-order valence-corrected chi connectivity index (χ1v) is 7.95. The van der Waals surface area contributed by atoms with Gasteiger partial charge in [0.1, 0.15) is 11.6 Å². The predicted octanol–water partition coefficient (Wildman–Crippen LogP) is 3.84. The topological polar surface area (TPSA) is 39.1 Å². The van der Waals surface area contributed by atoms with Crippen molar-refractivity contribution in [3.63, 3.8) is 0 Å². The van der Waals surface area contributed by atoms with E-state index in [1.165, 1.54) is 5.56 Å². The summed E-state index contributed by atoms with van der Waals surface area (Å²) in [6.45, 7) is 7.13. The van der Waals surface area contributed by atoms with Crippen LogP contribution in [0.1, 0.15) is 25.2 Å². The smallest absolute Gasteiger partial charge is 0.128 e. The van der Waals surface area contributed by atoms with Crippen molar-refractivity contribution in [3.8, 4) is 11.4 Å². The van der Waals surface area contributed by atoms with Crippen LogP contribution in [0.15, 0.2) is 42.5 Å². The Kier molecular flexibility index (Phi) is 4.35. The summed E-state index contributed by atoms with van der Waals surface area (Å²) in [6.07, 6.45) is 0. The molecule has 3 aromatic rings. The fourth-order valence-electron chi connectivity index (χ4n) is 2.76. The van der Waals surface area contributed by atoms with Gasteiger partial charge >= 0.3 is 0 Å². The molecule has 0 unspecified atom stereocenters. The molecule has 1 heterocycles. The van der Waals surface area contributed by atoms with Crippen LogP contribution in [0.2, 0.25) is 0 Å². The fourth-order valence-corrected chi connectivity index (χ4v) is 2.76. The zero-order chi connectivity index (χ0) is 16.4. The molecule has 3 rings (SSSR count). The lowest BCUT2D eigenvalue weighted by atomic mass is 10.1. The van der Waals surface area contributed by atoms with Gasteiger partial charge in [0.15, 0.2) is 0 Å². The Hall–Kier alpha value is -2.33. The number of aromatic nitrogens is 2. The molecule has 0 radical (unpaired) electrons. The van der Waals surface area contributed by atoms with Gasteiger partial charge in [-0.2, -0.15) is 0 Å². The molecule has 2 aromatic carbocycles. The average molecular weight is 309 g/mol. The standard InChI is InChI=1S/C19H23N3O/c1-13(2)20-12-19-21-16-7-5-6-8-18(16)22(19)17-10-9-15(23-4)11-14(17)3/h5-11,13,20H,12H2,1-4H3. The molecule has 0 fully saturated rings. The molecule has 0 saturated carbocycles. The zero-order valence-electron chi connectivity index (χ0n) is 14.1. The van der Waals surface area contributed by atoms with Crippen molar-refractivity contribution in [1.82, 2.24) is 14.9 Å². The Morgan fingerprint density at radius 1 is 1.17 bits per heavy atom. The van der Waals surface area contributed by atoms with Crippen LogP contribution in [-0.2, 0) is 6.54 Å². The van der Waals surface area contributed by atoms with Crippen LogP contribution < -0.4 is 10.1 Å². The van der Waals surface area contributed by atoms with Gasteiger partial charge in [-0.15, -0.1) is 0 Å². The number of nitrogens with one attached hydrogen (secondary N) is 1. The average Bonchev–Trinajstić information content (AvgIpc) is 2.91. The molecule has 4 heteroatoms. The summed E-state index contributed by atoms with van der Waals surface area (Å²) in [5.41, 5.74) is 4.45. The van der Waals surface area contributed by atoms with Crippen LogP contribution in [-0.4, -0.2) is 22.7 Å². The number of methoxy groups -OCH3 is 1. The molecule has 0 aliphatic heterocycles. The van der Waals surface area contributed by atoms with Crippen LogP contribution in [0.4, 0.5) is 0 Å². The predicted molar refractivity (Wildman–Crippen MR) is 94.3 cm³/mol. The molecule has 0 amide bonds. The van der Waals surface area contributed by atoms with Crippen molar-refractivity contribution in [2.45, 2.75) is 33.4 Å². The molecule has 1 aromatic heterocycles. The van der Waals surface area contributed by atoms with E-state index in [1.54, 1.807) is 7.11 Å². The van der Waals surface area contributed by atoms with Gasteiger partial charge in [0, 0.05) is 6.04 Å². The van der Waals surface area contributed by atoms with E-state index in [-0.39, 0.29) is 0 Å². The normalized spacial score (nSPS) is 11.3. The molecular formula is C19H23N3O. The highest BCUT2D eigenvalue weighted by atomic mass is 16.5. The van der Waals surface area contributed by atoms with Gasteiger partial charge in [-0.3, -0.25) is 4.57 Å². The Bertz CT molecular complexity index is 821. The number of hydrogen-bond donors (Lipinski definition) is 1. The summed E-state index contributed by atoms with van der Waals surface area (Å²) in [5.74, 6) is 1.89. The quantitative estimate of drug-likeness (QED) is 0.778. The molecule has 4 nitrogen and oxygen atoms in total. The van der Waals surface area contributed by atoms with E-state index < -0.39 is 0 Å². The molecule has 0 aliphatic rings. The minimum atomic E-state index is 0.417. The van der Waals surface area contributed by atoms with Crippen LogP contribution in [0, 0.1) is 6.92 Å². The summed E-state index contributed by atoms with van der Waals surface area (Å²) in [6, 6.07) is 14.8. The largest absolute Gasteiger partial charge is 0.497 e. The summed E-state index contributed by atoms with van der Waals surface area (Å²) >= 11 is 0. The lowest BCUT2D eigenvalue weighted by molar-refractivity contribution is 0.414. The Morgan fingerprint density at radius 3 is 2.65 bits per heavy atom. The van der Waals surface area contributed by atoms with E-state index in [0.29, 0.717) is 6.04 Å². The van der Waals surface area contributed by atoms with Crippen LogP contribution in [0.5, 0.6) is 5.75 Å². The second-order valence-electron chi connectivity index (χ2n) is 6.04. The van der Waals surface area contributed by atoms with E-state index in [0.717, 1.165) is 34.8 Å². The van der Waals surface area contributed by atoms with Crippen molar-refractivity contribution in [2.24, 2.45) is 0 Å². The van der Waals surface area contributed by atoms with Gasteiger partial charge < -0.3 is 10.1 Å². The number of ether oxygens (including phenoxy) is 1. The van der Waals surface area contributed by atoms with Crippen molar-refractivity contribution in [3.05, 3.63) is 53.9 Å². The summed E-state index contributed by atoms with van der Waals surface area (Å²) in [4.78, 5) is 4.81. The monoisotopic (exact) mass is 309 g/mol. The number of rotatable bonds is 5. The molecule has 0 aliphatic carbocycles. The SMILES string of the molecule is COc1ccc(-n2c(CNC(C)C)nc3ccccc32)c(C)c1. The highest BCUT2D eigenvalue weighted by Crippen LogP contribution is 2.26.